The average Bonchev–Trinajstić information content (AvgIpc) is 2.36. The SMILES string of the molecule is CCC(CC)(CS)Cn1cnc(C)c(Br)c1=O. The molecule has 0 saturated carbocycles. The van der Waals surface area contributed by atoms with Gasteiger partial charge in [0.15, 0.2) is 0 Å². The highest BCUT2D eigenvalue weighted by Gasteiger charge is 2.25. The molecule has 0 bridgehead atoms. The van der Waals surface area contributed by atoms with Gasteiger partial charge in [-0.2, -0.15) is 12.6 Å². The molecule has 0 aliphatic carbocycles. The van der Waals surface area contributed by atoms with Gasteiger partial charge in [-0.15, -0.1) is 0 Å². The molecule has 17 heavy (non-hydrogen) atoms. The van der Waals surface area contributed by atoms with Crippen LogP contribution in [-0.2, 0) is 6.54 Å². The first-order valence-corrected chi connectivity index (χ1v) is 7.24. The van der Waals surface area contributed by atoms with Crippen LogP contribution >= 0.6 is 28.6 Å². The van der Waals surface area contributed by atoms with Crippen molar-refractivity contribution in [1.29, 1.82) is 0 Å². The van der Waals surface area contributed by atoms with E-state index in [0.29, 0.717) is 11.0 Å². The molecule has 1 aromatic rings. The van der Waals surface area contributed by atoms with Gasteiger partial charge in [-0.1, -0.05) is 13.8 Å². The van der Waals surface area contributed by atoms with Crippen LogP contribution in [0.3, 0.4) is 0 Å². The van der Waals surface area contributed by atoms with Crippen molar-refractivity contribution in [2.45, 2.75) is 40.2 Å². The van der Waals surface area contributed by atoms with E-state index in [1.807, 2.05) is 6.92 Å². The van der Waals surface area contributed by atoms with E-state index in [1.54, 1.807) is 10.9 Å². The Labute approximate surface area is 116 Å². The Kier molecular flexibility index (Phi) is 5.25. The minimum Gasteiger partial charge on any atom is -0.298 e. The Morgan fingerprint density at radius 1 is 1.47 bits per heavy atom. The molecule has 0 N–H and O–H groups in total. The lowest BCUT2D eigenvalue weighted by molar-refractivity contribution is 0.253. The number of thiol groups is 1. The number of aryl methyl sites for hydroxylation is 1. The van der Waals surface area contributed by atoms with Crippen LogP contribution in [0.5, 0.6) is 0 Å². The highest BCUT2D eigenvalue weighted by molar-refractivity contribution is 9.10. The molecular weight excluding hydrogens is 300 g/mol. The van der Waals surface area contributed by atoms with E-state index < -0.39 is 0 Å². The van der Waals surface area contributed by atoms with Crippen molar-refractivity contribution in [2.24, 2.45) is 5.41 Å². The van der Waals surface area contributed by atoms with Crippen molar-refractivity contribution in [1.82, 2.24) is 9.55 Å². The van der Waals surface area contributed by atoms with Crippen LogP contribution in [0.4, 0.5) is 0 Å². The van der Waals surface area contributed by atoms with Gasteiger partial charge < -0.3 is 0 Å². The Morgan fingerprint density at radius 2 is 2.06 bits per heavy atom. The maximum Gasteiger partial charge on any atom is 0.267 e. The fraction of sp³-hybridized carbons (Fsp3) is 0.667. The molecule has 0 radical (unpaired) electrons. The van der Waals surface area contributed by atoms with Gasteiger partial charge in [0.1, 0.15) is 4.47 Å². The fourth-order valence-electron chi connectivity index (χ4n) is 1.77. The van der Waals surface area contributed by atoms with Crippen LogP contribution in [-0.4, -0.2) is 15.3 Å². The van der Waals surface area contributed by atoms with E-state index in [4.69, 9.17) is 0 Å². The van der Waals surface area contributed by atoms with Crippen LogP contribution in [0.1, 0.15) is 32.4 Å². The van der Waals surface area contributed by atoms with Gasteiger partial charge >= 0.3 is 0 Å². The van der Waals surface area contributed by atoms with Crippen LogP contribution in [0.25, 0.3) is 0 Å². The Bertz CT molecular complexity index is 432. The first-order valence-electron chi connectivity index (χ1n) is 5.82. The molecule has 0 spiro atoms. The zero-order valence-corrected chi connectivity index (χ0v) is 13.0. The molecule has 96 valence electrons. The lowest BCUT2D eigenvalue weighted by atomic mass is 9.84. The molecular formula is C12H19BrN2OS. The Morgan fingerprint density at radius 3 is 2.53 bits per heavy atom. The van der Waals surface area contributed by atoms with Crippen LogP contribution < -0.4 is 5.56 Å². The summed E-state index contributed by atoms with van der Waals surface area (Å²) in [6.45, 7) is 6.78. The summed E-state index contributed by atoms with van der Waals surface area (Å²) in [5.41, 5.74) is 0.796. The standard InChI is InChI=1S/C12H19BrN2OS/c1-4-12(5-2,7-17)6-15-8-14-9(3)10(13)11(15)16/h8,17H,4-7H2,1-3H3. The van der Waals surface area contributed by atoms with Gasteiger partial charge in [-0.3, -0.25) is 9.36 Å². The molecule has 0 aromatic carbocycles. The van der Waals surface area contributed by atoms with Crippen LogP contribution in [0.15, 0.2) is 15.6 Å². The van der Waals surface area contributed by atoms with Crippen molar-refractivity contribution in [3.63, 3.8) is 0 Å². The fourth-order valence-corrected chi connectivity index (χ4v) is 2.64. The van der Waals surface area contributed by atoms with Crippen molar-refractivity contribution in [3.8, 4) is 0 Å². The minimum absolute atomic E-state index is 0.00874. The zero-order chi connectivity index (χ0) is 13.1. The summed E-state index contributed by atoms with van der Waals surface area (Å²) in [7, 11) is 0. The molecule has 1 aromatic heterocycles. The van der Waals surface area contributed by atoms with Gasteiger partial charge in [0.25, 0.3) is 5.56 Å². The third-order valence-corrected chi connectivity index (χ3v) is 5.08. The molecule has 1 heterocycles. The molecule has 3 nitrogen and oxygen atoms in total. The van der Waals surface area contributed by atoms with Crippen molar-refractivity contribution in [2.75, 3.05) is 5.75 Å². The summed E-state index contributed by atoms with van der Waals surface area (Å²) >= 11 is 7.71. The summed E-state index contributed by atoms with van der Waals surface area (Å²) in [4.78, 5) is 16.3. The van der Waals surface area contributed by atoms with Crippen LogP contribution in [0.2, 0.25) is 0 Å². The van der Waals surface area contributed by atoms with Crippen molar-refractivity contribution in [3.05, 3.63) is 26.8 Å². The third kappa shape index (κ3) is 3.13. The molecule has 0 aliphatic heterocycles. The summed E-state index contributed by atoms with van der Waals surface area (Å²) in [5, 5.41) is 0. The lowest BCUT2D eigenvalue weighted by Crippen LogP contribution is -2.33. The van der Waals surface area contributed by atoms with Gasteiger partial charge in [-0.25, -0.2) is 4.98 Å². The number of aromatic nitrogens is 2. The Hall–Kier alpha value is -0.290. The number of halogens is 1. The zero-order valence-electron chi connectivity index (χ0n) is 10.5. The summed E-state index contributed by atoms with van der Waals surface area (Å²) in [6.07, 6.45) is 3.64. The molecule has 0 aliphatic rings. The second-order valence-electron chi connectivity index (χ2n) is 4.44. The highest BCUT2D eigenvalue weighted by Crippen LogP contribution is 2.29. The largest absolute Gasteiger partial charge is 0.298 e. The number of rotatable bonds is 5. The molecule has 0 saturated heterocycles. The maximum atomic E-state index is 12.1. The quantitative estimate of drug-likeness (QED) is 0.847. The predicted molar refractivity (Wildman–Crippen MR) is 77.8 cm³/mol. The van der Waals surface area contributed by atoms with E-state index in [1.165, 1.54) is 0 Å². The van der Waals surface area contributed by atoms with E-state index in [2.05, 4.69) is 47.4 Å². The number of hydrogen-bond donors (Lipinski definition) is 1. The Balaban J connectivity index is 3.11. The lowest BCUT2D eigenvalue weighted by Gasteiger charge is -2.30. The minimum atomic E-state index is -0.00874. The number of nitrogens with zero attached hydrogens (tertiary/aromatic N) is 2. The van der Waals surface area contributed by atoms with Crippen LogP contribution in [0, 0.1) is 12.3 Å². The number of hydrogen-bond acceptors (Lipinski definition) is 3. The predicted octanol–water partition coefficient (Wildman–Crippen LogP) is 3.05. The summed E-state index contributed by atoms with van der Waals surface area (Å²) in [6, 6.07) is 0. The van der Waals surface area contributed by atoms with E-state index in [9.17, 15) is 4.79 Å². The topological polar surface area (TPSA) is 34.9 Å². The van der Waals surface area contributed by atoms with E-state index >= 15 is 0 Å². The second kappa shape index (κ2) is 6.05. The molecule has 1 rings (SSSR count). The molecule has 0 atom stereocenters. The second-order valence-corrected chi connectivity index (χ2v) is 5.55. The molecule has 0 fully saturated rings. The summed E-state index contributed by atoms with van der Waals surface area (Å²) < 4.78 is 2.24. The van der Waals surface area contributed by atoms with E-state index in [-0.39, 0.29) is 11.0 Å². The van der Waals surface area contributed by atoms with E-state index in [0.717, 1.165) is 24.3 Å². The first-order chi connectivity index (χ1) is 7.99. The molecule has 0 unspecified atom stereocenters. The first kappa shape index (κ1) is 14.8. The monoisotopic (exact) mass is 318 g/mol. The molecule has 5 heteroatoms. The molecule has 0 amide bonds. The summed E-state index contributed by atoms with van der Waals surface area (Å²) in [5.74, 6) is 0.776. The smallest absolute Gasteiger partial charge is 0.267 e. The van der Waals surface area contributed by atoms with Gasteiger partial charge in [0.05, 0.1) is 12.0 Å². The third-order valence-electron chi connectivity index (χ3n) is 3.50. The average molecular weight is 319 g/mol. The van der Waals surface area contributed by atoms with Crippen molar-refractivity contribution >= 4 is 28.6 Å². The van der Waals surface area contributed by atoms with Gasteiger partial charge in [-0.05, 0) is 46.9 Å². The van der Waals surface area contributed by atoms with Gasteiger partial charge in [0, 0.05) is 6.54 Å². The van der Waals surface area contributed by atoms with Gasteiger partial charge in [0.2, 0.25) is 0 Å². The normalized spacial score (nSPS) is 11.8. The maximum absolute atomic E-state index is 12.1. The highest BCUT2D eigenvalue weighted by atomic mass is 79.9. The van der Waals surface area contributed by atoms with Crippen molar-refractivity contribution < 1.29 is 0 Å².